The van der Waals surface area contributed by atoms with Crippen LogP contribution in [0.15, 0.2) is 48.5 Å². The quantitative estimate of drug-likeness (QED) is 0.822. The Labute approximate surface area is 147 Å². The van der Waals surface area contributed by atoms with Crippen molar-refractivity contribution in [2.75, 3.05) is 20.8 Å². The first-order valence-electron chi connectivity index (χ1n) is 7.78. The second-order valence-electron chi connectivity index (χ2n) is 5.45. The van der Waals surface area contributed by atoms with E-state index in [1.165, 1.54) is 7.11 Å². The van der Waals surface area contributed by atoms with Crippen molar-refractivity contribution in [2.24, 2.45) is 0 Å². The second kappa shape index (κ2) is 8.18. The third-order valence-corrected chi connectivity index (χ3v) is 4.44. The number of benzene rings is 2. The molecule has 1 amide bonds. The molecule has 0 saturated heterocycles. The zero-order valence-electron chi connectivity index (χ0n) is 14.1. The van der Waals surface area contributed by atoms with Crippen LogP contribution < -0.4 is 10.1 Å². The van der Waals surface area contributed by atoms with Gasteiger partial charge in [0, 0.05) is 12.1 Å². The number of carbonyl (C=O) groups is 1. The molecule has 5 heteroatoms. The van der Waals surface area contributed by atoms with Crippen molar-refractivity contribution in [1.82, 2.24) is 5.32 Å². The molecular formula is C19H22ClNO3. The van der Waals surface area contributed by atoms with Gasteiger partial charge in [0.2, 0.25) is 0 Å². The van der Waals surface area contributed by atoms with E-state index in [-0.39, 0.29) is 5.91 Å². The van der Waals surface area contributed by atoms with Crippen molar-refractivity contribution >= 4 is 17.5 Å². The Hall–Kier alpha value is -2.04. The van der Waals surface area contributed by atoms with Gasteiger partial charge in [0.15, 0.2) is 0 Å². The minimum atomic E-state index is -0.581. The molecular weight excluding hydrogens is 326 g/mol. The molecule has 0 aliphatic carbocycles. The summed E-state index contributed by atoms with van der Waals surface area (Å²) < 4.78 is 11.0. The first-order chi connectivity index (χ1) is 11.6. The third-order valence-electron chi connectivity index (χ3n) is 4.20. The summed E-state index contributed by atoms with van der Waals surface area (Å²) in [4.78, 5) is 12.6. The molecule has 2 aromatic rings. The van der Waals surface area contributed by atoms with Gasteiger partial charge in [-0.3, -0.25) is 4.79 Å². The van der Waals surface area contributed by atoms with Crippen LogP contribution in [0.4, 0.5) is 0 Å². The van der Waals surface area contributed by atoms with Crippen LogP contribution in [0, 0.1) is 0 Å². The third kappa shape index (κ3) is 3.89. The van der Waals surface area contributed by atoms with E-state index < -0.39 is 5.60 Å². The molecule has 2 aromatic carbocycles. The van der Waals surface area contributed by atoms with E-state index in [9.17, 15) is 4.79 Å². The summed E-state index contributed by atoms with van der Waals surface area (Å²) in [6, 6.07) is 14.8. The Morgan fingerprint density at radius 3 is 2.46 bits per heavy atom. The fourth-order valence-corrected chi connectivity index (χ4v) is 2.86. The van der Waals surface area contributed by atoms with Gasteiger partial charge in [-0.2, -0.15) is 0 Å². The normalized spacial score (nSPS) is 13.2. The highest BCUT2D eigenvalue weighted by Crippen LogP contribution is 2.29. The molecule has 0 radical (unpaired) electrons. The van der Waals surface area contributed by atoms with Crippen LogP contribution in [-0.4, -0.2) is 26.7 Å². The fourth-order valence-electron chi connectivity index (χ4n) is 2.68. The number of carbonyl (C=O) groups excluding carboxylic acids is 1. The van der Waals surface area contributed by atoms with Crippen LogP contribution in [0.1, 0.15) is 29.3 Å². The summed E-state index contributed by atoms with van der Waals surface area (Å²) >= 11 is 6.00. The molecule has 1 atom stereocenters. The molecule has 2 rings (SSSR count). The van der Waals surface area contributed by atoms with Crippen LogP contribution in [0.5, 0.6) is 5.75 Å². The number of ether oxygens (including phenoxy) is 2. The first-order valence-corrected chi connectivity index (χ1v) is 8.16. The number of hydrogen-bond acceptors (Lipinski definition) is 3. The number of rotatable bonds is 7. The van der Waals surface area contributed by atoms with Crippen molar-refractivity contribution < 1.29 is 14.3 Å². The van der Waals surface area contributed by atoms with Gasteiger partial charge in [0.05, 0.1) is 19.2 Å². The average molecular weight is 348 g/mol. The Kier molecular flexibility index (Phi) is 6.23. The molecule has 1 unspecified atom stereocenters. The molecule has 24 heavy (non-hydrogen) atoms. The summed E-state index contributed by atoms with van der Waals surface area (Å²) in [5, 5.41) is 3.42. The van der Waals surface area contributed by atoms with Crippen LogP contribution in [0.3, 0.4) is 0 Å². The predicted octanol–water partition coefficient (Wildman–Crippen LogP) is 4.03. The zero-order valence-corrected chi connectivity index (χ0v) is 14.9. The van der Waals surface area contributed by atoms with Gasteiger partial charge in [-0.25, -0.2) is 0 Å². The van der Waals surface area contributed by atoms with Crippen LogP contribution in [-0.2, 0) is 10.3 Å². The summed E-state index contributed by atoms with van der Waals surface area (Å²) in [5.41, 5.74) is 0.843. The predicted molar refractivity (Wildman–Crippen MR) is 95.8 cm³/mol. The molecule has 0 bridgehead atoms. The molecule has 128 valence electrons. The highest BCUT2D eigenvalue weighted by molar-refractivity contribution is 6.31. The molecule has 0 fully saturated rings. The Balaban J connectivity index is 2.21. The van der Waals surface area contributed by atoms with Gasteiger partial charge >= 0.3 is 0 Å². The zero-order chi connectivity index (χ0) is 17.6. The minimum Gasteiger partial charge on any atom is -0.496 e. The van der Waals surface area contributed by atoms with E-state index in [0.717, 1.165) is 12.0 Å². The van der Waals surface area contributed by atoms with Crippen molar-refractivity contribution in [3.8, 4) is 5.75 Å². The van der Waals surface area contributed by atoms with Gasteiger partial charge in [0.25, 0.3) is 5.91 Å². The minimum absolute atomic E-state index is 0.250. The van der Waals surface area contributed by atoms with Crippen LogP contribution in [0.2, 0.25) is 5.02 Å². The van der Waals surface area contributed by atoms with Crippen molar-refractivity contribution in [1.29, 1.82) is 0 Å². The smallest absolute Gasteiger partial charge is 0.255 e. The Morgan fingerprint density at radius 2 is 1.88 bits per heavy atom. The van der Waals surface area contributed by atoms with Crippen molar-refractivity contribution in [3.05, 3.63) is 64.7 Å². The van der Waals surface area contributed by atoms with E-state index in [0.29, 0.717) is 22.9 Å². The first kappa shape index (κ1) is 18.3. The molecule has 0 spiro atoms. The van der Waals surface area contributed by atoms with E-state index in [1.807, 2.05) is 37.3 Å². The maximum Gasteiger partial charge on any atom is 0.255 e. The molecule has 0 saturated carbocycles. The number of hydrogen-bond donors (Lipinski definition) is 1. The molecule has 0 aliphatic heterocycles. The number of nitrogens with one attached hydrogen (secondary N) is 1. The topological polar surface area (TPSA) is 47.6 Å². The lowest BCUT2D eigenvalue weighted by molar-refractivity contribution is -0.0164. The lowest BCUT2D eigenvalue weighted by atomic mass is 9.90. The molecule has 1 N–H and O–H groups in total. The standard InChI is InChI=1S/C19H22ClNO3/c1-4-19(24-3,14-8-6-5-7-9-14)13-21-18(22)16-12-15(20)10-11-17(16)23-2/h5-12H,4,13H2,1-3H3,(H,21,22). The van der Waals surface area contributed by atoms with Crippen molar-refractivity contribution in [3.63, 3.8) is 0 Å². The van der Waals surface area contributed by atoms with E-state index in [2.05, 4.69) is 5.32 Å². The van der Waals surface area contributed by atoms with E-state index in [1.54, 1.807) is 25.3 Å². The van der Waals surface area contributed by atoms with Gasteiger partial charge < -0.3 is 14.8 Å². The van der Waals surface area contributed by atoms with Gasteiger partial charge in [0.1, 0.15) is 11.4 Å². The molecule has 0 heterocycles. The van der Waals surface area contributed by atoms with Gasteiger partial charge in [-0.05, 0) is 30.2 Å². The average Bonchev–Trinajstić information content (AvgIpc) is 2.63. The van der Waals surface area contributed by atoms with E-state index >= 15 is 0 Å². The maximum absolute atomic E-state index is 12.6. The largest absolute Gasteiger partial charge is 0.496 e. The van der Waals surface area contributed by atoms with Crippen LogP contribution in [0.25, 0.3) is 0 Å². The summed E-state index contributed by atoms with van der Waals surface area (Å²) in [6.45, 7) is 2.38. The summed E-state index contributed by atoms with van der Waals surface area (Å²) in [7, 11) is 3.18. The molecule has 4 nitrogen and oxygen atoms in total. The Bertz CT molecular complexity index is 684. The number of methoxy groups -OCH3 is 2. The van der Waals surface area contributed by atoms with Gasteiger partial charge in [-0.15, -0.1) is 0 Å². The molecule has 0 aliphatic rings. The van der Waals surface area contributed by atoms with E-state index in [4.69, 9.17) is 21.1 Å². The lowest BCUT2D eigenvalue weighted by Gasteiger charge is -2.32. The van der Waals surface area contributed by atoms with Crippen molar-refractivity contribution in [2.45, 2.75) is 18.9 Å². The number of halogens is 1. The summed E-state index contributed by atoms with van der Waals surface area (Å²) in [5.74, 6) is 0.233. The fraction of sp³-hybridized carbons (Fsp3) is 0.316. The SMILES string of the molecule is CCC(CNC(=O)c1cc(Cl)ccc1OC)(OC)c1ccccc1. The van der Waals surface area contributed by atoms with Gasteiger partial charge in [-0.1, -0.05) is 48.9 Å². The molecule has 0 aromatic heterocycles. The maximum atomic E-state index is 12.6. The lowest BCUT2D eigenvalue weighted by Crippen LogP contribution is -2.42. The summed E-state index contributed by atoms with van der Waals surface area (Å²) in [6.07, 6.45) is 0.723. The number of amides is 1. The Morgan fingerprint density at radius 1 is 1.17 bits per heavy atom. The highest BCUT2D eigenvalue weighted by atomic mass is 35.5. The monoisotopic (exact) mass is 347 g/mol. The highest BCUT2D eigenvalue weighted by Gasteiger charge is 2.31. The van der Waals surface area contributed by atoms with Crippen LogP contribution >= 0.6 is 11.6 Å². The second-order valence-corrected chi connectivity index (χ2v) is 5.88.